The lowest BCUT2D eigenvalue weighted by molar-refractivity contribution is 0.0626. The van der Waals surface area contributed by atoms with E-state index in [0.29, 0.717) is 12.0 Å². The standard InChI is InChI=1S/C27H25F2N3O4/c1-3-17-8-6-14-36-26-19(10-11-20(28)22(26)29)23(18-9-5-4-7-16(18)2)32-15-30(17)27(35)24-25(34)21(33)12-13-31(24)32/h4-13,17,23,34H,3,14-15H2,1-2H3/b8-6-/t17-,23+/m1/s1. The summed E-state index contributed by atoms with van der Waals surface area (Å²) in [6.07, 6.45) is 5.36. The van der Waals surface area contributed by atoms with Crippen LogP contribution < -0.4 is 15.2 Å². The summed E-state index contributed by atoms with van der Waals surface area (Å²) >= 11 is 0. The summed E-state index contributed by atoms with van der Waals surface area (Å²) in [5.74, 6) is -3.57. The Morgan fingerprint density at radius 2 is 1.86 bits per heavy atom. The number of pyridine rings is 1. The minimum atomic E-state index is -1.11. The number of rotatable bonds is 2. The molecule has 3 aromatic rings. The van der Waals surface area contributed by atoms with Gasteiger partial charge in [-0.1, -0.05) is 37.3 Å². The average molecular weight is 494 g/mol. The predicted molar refractivity (Wildman–Crippen MR) is 130 cm³/mol. The summed E-state index contributed by atoms with van der Waals surface area (Å²) in [4.78, 5) is 27.5. The van der Waals surface area contributed by atoms with Crippen molar-refractivity contribution in [2.75, 3.05) is 18.3 Å². The number of carbonyl (C=O) groups excluding carboxylic acids is 1. The van der Waals surface area contributed by atoms with Crippen LogP contribution in [-0.2, 0) is 0 Å². The van der Waals surface area contributed by atoms with Crippen molar-refractivity contribution in [2.45, 2.75) is 32.4 Å². The van der Waals surface area contributed by atoms with E-state index < -0.39 is 40.8 Å². The molecule has 0 radical (unpaired) electrons. The first kappa shape index (κ1) is 23.6. The fourth-order valence-corrected chi connectivity index (χ4v) is 4.91. The highest BCUT2D eigenvalue weighted by atomic mass is 19.2. The Labute approximate surface area is 206 Å². The number of benzene rings is 2. The number of fused-ring (bicyclic) bond motifs is 5. The summed E-state index contributed by atoms with van der Waals surface area (Å²) in [7, 11) is 0. The molecule has 0 unspecified atom stereocenters. The van der Waals surface area contributed by atoms with Gasteiger partial charge in [0, 0.05) is 17.8 Å². The van der Waals surface area contributed by atoms with Crippen LogP contribution in [0.3, 0.4) is 0 Å². The zero-order valence-corrected chi connectivity index (χ0v) is 19.8. The molecule has 5 rings (SSSR count). The van der Waals surface area contributed by atoms with Crippen molar-refractivity contribution in [3.63, 3.8) is 0 Å². The molecule has 0 fully saturated rings. The molecule has 2 aromatic carbocycles. The second kappa shape index (κ2) is 9.14. The second-order valence-corrected chi connectivity index (χ2v) is 8.83. The lowest BCUT2D eigenvalue weighted by Gasteiger charge is -2.46. The molecule has 186 valence electrons. The molecule has 1 N–H and O–H groups in total. The summed E-state index contributed by atoms with van der Waals surface area (Å²) in [5, 5.41) is 12.4. The average Bonchev–Trinajstić information content (AvgIpc) is 2.89. The van der Waals surface area contributed by atoms with Crippen LogP contribution in [0.5, 0.6) is 11.5 Å². The molecule has 0 aliphatic carbocycles. The van der Waals surface area contributed by atoms with Gasteiger partial charge in [0.05, 0.1) is 6.04 Å². The van der Waals surface area contributed by atoms with Crippen LogP contribution in [-0.4, -0.2) is 39.9 Å². The van der Waals surface area contributed by atoms with Crippen molar-refractivity contribution in [1.82, 2.24) is 9.58 Å². The number of aromatic hydroxyl groups is 1. The Balaban J connectivity index is 1.87. The van der Waals surface area contributed by atoms with Gasteiger partial charge >= 0.3 is 0 Å². The molecule has 36 heavy (non-hydrogen) atoms. The van der Waals surface area contributed by atoms with Gasteiger partial charge in [0.1, 0.15) is 19.3 Å². The van der Waals surface area contributed by atoms with Gasteiger partial charge in [0.25, 0.3) is 5.91 Å². The van der Waals surface area contributed by atoms with Crippen molar-refractivity contribution >= 4 is 5.91 Å². The molecular weight excluding hydrogens is 468 g/mol. The van der Waals surface area contributed by atoms with E-state index in [2.05, 4.69) is 0 Å². The summed E-state index contributed by atoms with van der Waals surface area (Å²) in [5.41, 5.74) is 1.09. The highest BCUT2D eigenvalue weighted by molar-refractivity contribution is 5.96. The molecule has 1 aromatic heterocycles. The number of amides is 1. The molecule has 2 aliphatic heterocycles. The number of aromatic nitrogens is 1. The van der Waals surface area contributed by atoms with Gasteiger partial charge in [0.15, 0.2) is 23.0 Å². The summed E-state index contributed by atoms with van der Waals surface area (Å²) in [6.45, 7) is 3.81. The topological polar surface area (TPSA) is 75.0 Å². The molecule has 0 saturated heterocycles. The zero-order chi connectivity index (χ0) is 25.6. The van der Waals surface area contributed by atoms with Crippen LogP contribution >= 0.6 is 0 Å². The SMILES string of the molecule is CC[C@@H]1/C=C\COc2c(ccc(F)c2F)[C@H](c2ccccc2C)N2CN1C(=O)c1c(O)c(=O)ccn12. The summed E-state index contributed by atoms with van der Waals surface area (Å²) < 4.78 is 36.7. The van der Waals surface area contributed by atoms with E-state index >= 15 is 4.39 Å². The molecule has 1 amide bonds. The first-order valence-corrected chi connectivity index (χ1v) is 11.7. The Morgan fingerprint density at radius 1 is 1.08 bits per heavy atom. The molecule has 2 aliphatic rings. The smallest absolute Gasteiger partial charge is 0.278 e. The van der Waals surface area contributed by atoms with E-state index in [1.807, 2.05) is 38.1 Å². The highest BCUT2D eigenvalue weighted by Crippen LogP contribution is 2.40. The van der Waals surface area contributed by atoms with E-state index in [1.165, 1.54) is 23.0 Å². The van der Waals surface area contributed by atoms with Crippen LogP contribution in [0.4, 0.5) is 8.78 Å². The number of hydrogen-bond acceptors (Lipinski definition) is 5. The lowest BCUT2D eigenvalue weighted by atomic mass is 9.93. The van der Waals surface area contributed by atoms with Gasteiger partial charge in [-0.3, -0.25) is 19.3 Å². The molecule has 2 atom stereocenters. The Bertz CT molecular complexity index is 1440. The Kier molecular flexibility index (Phi) is 5.99. The van der Waals surface area contributed by atoms with Crippen LogP contribution in [0.15, 0.2) is 65.6 Å². The fraction of sp³-hybridized carbons (Fsp3) is 0.259. The number of hydrogen-bond donors (Lipinski definition) is 1. The number of ether oxygens (including phenoxy) is 1. The minimum Gasteiger partial charge on any atom is -0.502 e. The maximum Gasteiger partial charge on any atom is 0.278 e. The Hall–Kier alpha value is -4.14. The second-order valence-electron chi connectivity index (χ2n) is 8.83. The van der Waals surface area contributed by atoms with E-state index in [4.69, 9.17) is 4.74 Å². The van der Waals surface area contributed by atoms with Crippen LogP contribution in [0.1, 0.15) is 46.6 Å². The quantitative estimate of drug-likeness (QED) is 0.546. The number of carbonyl (C=O) groups is 1. The van der Waals surface area contributed by atoms with E-state index in [9.17, 15) is 19.1 Å². The predicted octanol–water partition coefficient (Wildman–Crippen LogP) is 4.01. The number of nitrogens with zero attached hydrogens (tertiary/aromatic N) is 3. The molecule has 3 heterocycles. The monoisotopic (exact) mass is 493 g/mol. The summed E-state index contributed by atoms with van der Waals surface area (Å²) in [6, 6.07) is 9.98. The molecule has 0 spiro atoms. The van der Waals surface area contributed by atoms with Crippen LogP contribution in [0.2, 0.25) is 0 Å². The van der Waals surface area contributed by atoms with Gasteiger partial charge in [-0.05, 0) is 42.7 Å². The van der Waals surface area contributed by atoms with Gasteiger partial charge in [-0.25, -0.2) is 4.39 Å². The van der Waals surface area contributed by atoms with Crippen molar-refractivity contribution in [1.29, 1.82) is 0 Å². The molecular formula is C27H25F2N3O4. The molecule has 9 heteroatoms. The van der Waals surface area contributed by atoms with E-state index in [1.54, 1.807) is 22.1 Å². The third-order valence-corrected chi connectivity index (χ3v) is 6.75. The normalized spacial score (nSPS) is 20.2. The zero-order valence-electron chi connectivity index (χ0n) is 19.8. The van der Waals surface area contributed by atoms with Crippen molar-refractivity contribution in [3.05, 3.63) is 105 Å². The first-order chi connectivity index (χ1) is 17.3. The molecule has 2 bridgehead atoms. The first-order valence-electron chi connectivity index (χ1n) is 11.7. The third-order valence-electron chi connectivity index (χ3n) is 6.75. The highest BCUT2D eigenvalue weighted by Gasteiger charge is 2.40. The maximum absolute atomic E-state index is 15.2. The molecule has 0 saturated carbocycles. The van der Waals surface area contributed by atoms with Crippen LogP contribution in [0.25, 0.3) is 0 Å². The number of halogens is 2. The fourth-order valence-electron chi connectivity index (χ4n) is 4.91. The largest absolute Gasteiger partial charge is 0.502 e. The third kappa shape index (κ3) is 3.71. The van der Waals surface area contributed by atoms with Crippen LogP contribution in [0, 0.1) is 18.6 Å². The van der Waals surface area contributed by atoms with Gasteiger partial charge < -0.3 is 14.7 Å². The van der Waals surface area contributed by atoms with Crippen molar-refractivity contribution < 1.29 is 23.4 Å². The van der Waals surface area contributed by atoms with Gasteiger partial charge in [0.2, 0.25) is 11.2 Å². The lowest BCUT2D eigenvalue weighted by Crippen LogP contribution is -2.57. The van der Waals surface area contributed by atoms with Gasteiger partial charge in [-0.15, -0.1) is 0 Å². The van der Waals surface area contributed by atoms with Crippen molar-refractivity contribution in [2.24, 2.45) is 0 Å². The minimum absolute atomic E-state index is 0.0392. The van der Waals surface area contributed by atoms with Gasteiger partial charge in [-0.2, -0.15) is 4.39 Å². The van der Waals surface area contributed by atoms with Crippen molar-refractivity contribution in [3.8, 4) is 11.5 Å². The number of aryl methyl sites for hydroxylation is 1. The Morgan fingerprint density at radius 3 is 2.61 bits per heavy atom. The van der Waals surface area contributed by atoms with E-state index in [-0.39, 0.29) is 24.7 Å². The molecule has 7 nitrogen and oxygen atoms in total. The maximum atomic E-state index is 15.2. The van der Waals surface area contributed by atoms with E-state index in [0.717, 1.165) is 17.2 Å².